The van der Waals surface area contributed by atoms with Gasteiger partial charge in [0.15, 0.2) is 18.0 Å². The second-order valence-corrected chi connectivity index (χ2v) is 5.81. The fraction of sp³-hybridized carbons (Fsp3) is 0.615. The number of aliphatic hydroxyl groups excluding tert-OH is 1. The van der Waals surface area contributed by atoms with Crippen LogP contribution in [0.5, 0.6) is 0 Å². The van der Waals surface area contributed by atoms with Gasteiger partial charge in [-0.3, -0.25) is 19.1 Å². The molecule has 0 amide bonds. The molecule has 0 bridgehead atoms. The molecule has 4 atom stereocenters. The van der Waals surface area contributed by atoms with Crippen LogP contribution in [0.15, 0.2) is 21.9 Å². The maximum absolute atomic E-state index is 14.9. The Balaban J connectivity index is 2.21. The first-order chi connectivity index (χ1) is 10.7. The Morgan fingerprint density at radius 1 is 1.43 bits per heavy atom. The van der Waals surface area contributed by atoms with Crippen molar-refractivity contribution in [2.24, 2.45) is 0 Å². The number of hydrogen-bond acceptors (Lipinski definition) is 7. The highest BCUT2D eigenvalue weighted by Gasteiger charge is 2.72. The lowest BCUT2D eigenvalue weighted by Crippen LogP contribution is -2.51. The molecule has 0 aromatic carbocycles. The van der Waals surface area contributed by atoms with E-state index in [1.807, 2.05) is 4.98 Å². The molecular formula is C13H14FN3O6. The largest absolute Gasteiger partial charge is 0.390 e. The molecule has 9 nitrogen and oxygen atoms in total. The third-order valence-electron chi connectivity index (χ3n) is 3.79. The molecule has 2 aliphatic rings. The van der Waals surface area contributed by atoms with Gasteiger partial charge in [-0.2, -0.15) is 5.26 Å². The zero-order chi connectivity index (χ0) is 17.0. The van der Waals surface area contributed by atoms with E-state index in [-0.39, 0.29) is 0 Å². The maximum atomic E-state index is 14.9. The first kappa shape index (κ1) is 15.8. The number of nitriles is 1. The van der Waals surface area contributed by atoms with Crippen molar-refractivity contribution in [3.05, 3.63) is 33.1 Å². The van der Waals surface area contributed by atoms with Crippen LogP contribution in [0.3, 0.4) is 0 Å². The highest BCUT2D eigenvalue weighted by molar-refractivity contribution is 5.17. The van der Waals surface area contributed by atoms with Gasteiger partial charge in [0, 0.05) is 12.3 Å². The number of nitrogens with zero attached hydrogens (tertiary/aromatic N) is 2. The number of rotatable bonds is 2. The van der Waals surface area contributed by atoms with Gasteiger partial charge in [-0.15, -0.1) is 0 Å². The lowest BCUT2D eigenvalue weighted by molar-refractivity contribution is -0.283. The van der Waals surface area contributed by atoms with E-state index in [1.54, 1.807) is 6.07 Å². The topological polar surface area (TPSA) is 127 Å². The second kappa shape index (κ2) is 4.72. The van der Waals surface area contributed by atoms with Gasteiger partial charge < -0.3 is 14.6 Å². The molecule has 23 heavy (non-hydrogen) atoms. The summed E-state index contributed by atoms with van der Waals surface area (Å²) in [5, 5.41) is 18.9. The molecule has 3 heterocycles. The van der Waals surface area contributed by atoms with Crippen LogP contribution in [0.1, 0.15) is 13.8 Å². The minimum Gasteiger partial charge on any atom is -0.390 e. The molecule has 2 saturated heterocycles. The molecule has 0 saturated carbocycles. The molecule has 0 spiro atoms. The molecule has 0 radical (unpaired) electrons. The van der Waals surface area contributed by atoms with E-state index in [0.29, 0.717) is 4.57 Å². The Morgan fingerprint density at radius 3 is 2.65 bits per heavy atom. The number of H-pyrrole nitrogens is 1. The predicted octanol–water partition coefficient (Wildman–Crippen LogP) is -1.08. The van der Waals surface area contributed by atoms with E-state index in [9.17, 15) is 24.3 Å². The van der Waals surface area contributed by atoms with Crippen LogP contribution >= 0.6 is 0 Å². The normalized spacial score (nSPS) is 38.2. The molecule has 1 aromatic rings. The average Bonchev–Trinajstić information content (AvgIpc) is 2.92. The predicted molar refractivity (Wildman–Crippen MR) is 70.7 cm³/mol. The van der Waals surface area contributed by atoms with Crippen LogP contribution in [0.2, 0.25) is 0 Å². The van der Waals surface area contributed by atoms with E-state index in [0.717, 1.165) is 12.3 Å². The number of aromatic nitrogens is 2. The summed E-state index contributed by atoms with van der Waals surface area (Å²) >= 11 is 0. The van der Waals surface area contributed by atoms with Gasteiger partial charge in [-0.25, -0.2) is 9.18 Å². The van der Waals surface area contributed by atoms with E-state index in [4.69, 9.17) is 14.2 Å². The van der Waals surface area contributed by atoms with Gasteiger partial charge in [0.25, 0.3) is 17.1 Å². The van der Waals surface area contributed by atoms with Crippen molar-refractivity contribution in [3.63, 3.8) is 0 Å². The molecule has 0 unspecified atom stereocenters. The summed E-state index contributed by atoms with van der Waals surface area (Å²) in [6.07, 6.45) is -1.76. The number of aromatic amines is 1. The summed E-state index contributed by atoms with van der Waals surface area (Å²) in [6, 6.07) is 2.70. The number of alkyl halides is 1. The second-order valence-electron chi connectivity index (χ2n) is 5.81. The highest BCUT2D eigenvalue weighted by Crippen LogP contribution is 2.51. The highest BCUT2D eigenvalue weighted by atomic mass is 19.2. The van der Waals surface area contributed by atoms with Crippen molar-refractivity contribution in [3.8, 4) is 6.07 Å². The minimum absolute atomic E-state index is 0.688. The van der Waals surface area contributed by atoms with Gasteiger partial charge in [-0.05, 0) is 13.8 Å². The summed E-state index contributed by atoms with van der Waals surface area (Å²) in [5.74, 6) is -4.00. The Bertz CT molecular complexity index is 798. The molecule has 1 aromatic heterocycles. The number of nitrogens with one attached hydrogen (secondary N) is 1. The first-order valence-corrected chi connectivity index (χ1v) is 6.77. The number of fused-ring (bicyclic) bond motifs is 1. The molecule has 0 aliphatic carbocycles. The van der Waals surface area contributed by atoms with Crippen molar-refractivity contribution in [2.75, 3.05) is 6.61 Å². The fourth-order valence-electron chi connectivity index (χ4n) is 2.86. The van der Waals surface area contributed by atoms with Crippen LogP contribution in [-0.2, 0) is 19.9 Å². The summed E-state index contributed by atoms with van der Waals surface area (Å²) in [6.45, 7) is 1.90. The third kappa shape index (κ3) is 2.13. The standard InChI is InChI=1S/C13H14FN3O6/c1-11(2)21-8-9(22-11)13(5-15,23-12(8,14)6-18)17-4-3-7(19)16-10(17)20/h3-4,8-9,18H,6H2,1-2H3,(H,16,19,20)/t8-,9+,12+,13+/m0/s1. The fourth-order valence-corrected chi connectivity index (χ4v) is 2.86. The third-order valence-corrected chi connectivity index (χ3v) is 3.79. The molecule has 2 N–H and O–H groups in total. The summed E-state index contributed by atoms with van der Waals surface area (Å²) in [4.78, 5) is 25.2. The Kier molecular flexibility index (Phi) is 3.24. The number of ether oxygens (including phenoxy) is 3. The van der Waals surface area contributed by atoms with Crippen LogP contribution in [0.4, 0.5) is 4.39 Å². The average molecular weight is 327 g/mol. The van der Waals surface area contributed by atoms with E-state index in [2.05, 4.69) is 0 Å². The van der Waals surface area contributed by atoms with Crippen molar-refractivity contribution in [1.29, 1.82) is 5.26 Å². The molecule has 10 heteroatoms. The van der Waals surface area contributed by atoms with Crippen LogP contribution in [0.25, 0.3) is 0 Å². The van der Waals surface area contributed by atoms with Crippen LogP contribution in [0, 0.1) is 11.3 Å². The molecule has 124 valence electrons. The minimum atomic E-state index is -2.75. The Hall–Kier alpha value is -2.06. The van der Waals surface area contributed by atoms with Crippen molar-refractivity contribution >= 4 is 0 Å². The zero-order valence-corrected chi connectivity index (χ0v) is 12.3. The van der Waals surface area contributed by atoms with E-state index < -0.39 is 47.4 Å². The van der Waals surface area contributed by atoms with Crippen molar-refractivity contribution in [2.45, 2.75) is 43.4 Å². The molecular weight excluding hydrogens is 313 g/mol. The van der Waals surface area contributed by atoms with Crippen molar-refractivity contribution in [1.82, 2.24) is 9.55 Å². The first-order valence-electron chi connectivity index (χ1n) is 6.77. The Morgan fingerprint density at radius 2 is 2.09 bits per heavy atom. The molecule has 2 fully saturated rings. The van der Waals surface area contributed by atoms with Gasteiger partial charge in [0.1, 0.15) is 12.7 Å². The van der Waals surface area contributed by atoms with Crippen LogP contribution in [-0.4, -0.2) is 45.1 Å². The Labute approximate surface area is 128 Å². The summed E-state index contributed by atoms with van der Waals surface area (Å²) in [7, 11) is 0. The maximum Gasteiger partial charge on any atom is 0.331 e. The van der Waals surface area contributed by atoms with Crippen molar-refractivity contribution < 1.29 is 23.7 Å². The van der Waals surface area contributed by atoms with Gasteiger partial charge >= 0.3 is 5.69 Å². The lowest BCUT2D eigenvalue weighted by atomic mass is 10.0. The zero-order valence-electron chi connectivity index (χ0n) is 12.3. The van der Waals surface area contributed by atoms with Gasteiger partial charge in [0.2, 0.25) is 0 Å². The quantitative estimate of drug-likeness (QED) is 0.707. The summed E-state index contributed by atoms with van der Waals surface area (Å²) in [5.41, 5.74) is -3.91. The van der Waals surface area contributed by atoms with Gasteiger partial charge in [-0.1, -0.05) is 0 Å². The van der Waals surface area contributed by atoms with Crippen LogP contribution < -0.4 is 11.2 Å². The molecule has 3 rings (SSSR count). The SMILES string of the molecule is CC1(C)O[C@@H]2[C@H](O1)[C@@](F)(CO)O[C@@]2(C#N)n1ccc(=O)[nH]c1=O. The molecule has 2 aliphatic heterocycles. The van der Waals surface area contributed by atoms with E-state index >= 15 is 0 Å². The summed E-state index contributed by atoms with van der Waals surface area (Å²) < 4.78 is 31.7. The number of halogens is 1. The number of hydrogen-bond donors (Lipinski definition) is 2. The van der Waals surface area contributed by atoms with E-state index in [1.165, 1.54) is 13.8 Å². The number of aliphatic hydroxyl groups is 1. The monoisotopic (exact) mass is 327 g/mol. The lowest BCUT2D eigenvalue weighted by Gasteiger charge is -2.31. The smallest absolute Gasteiger partial charge is 0.331 e. The van der Waals surface area contributed by atoms with Gasteiger partial charge in [0.05, 0.1) is 0 Å².